The van der Waals surface area contributed by atoms with Gasteiger partial charge in [-0.3, -0.25) is 4.79 Å². The highest BCUT2D eigenvalue weighted by Crippen LogP contribution is 2.36. The summed E-state index contributed by atoms with van der Waals surface area (Å²) in [5.74, 6) is 0.440. The van der Waals surface area contributed by atoms with Crippen LogP contribution in [0.15, 0.2) is 18.2 Å². The van der Waals surface area contributed by atoms with Gasteiger partial charge < -0.3 is 19.5 Å². The second-order valence-electron chi connectivity index (χ2n) is 7.83. The predicted molar refractivity (Wildman–Crippen MR) is 113 cm³/mol. The fourth-order valence-corrected chi connectivity index (χ4v) is 3.57. The highest BCUT2D eigenvalue weighted by Gasteiger charge is 2.42. The van der Waals surface area contributed by atoms with Gasteiger partial charge in [-0.05, 0) is 77.0 Å². The topological polar surface area (TPSA) is 73.9 Å². The molecule has 1 aromatic carbocycles. The first-order valence-electron chi connectivity index (χ1n) is 10.8. The Balaban J connectivity index is 2.25. The number of anilines is 1. The van der Waals surface area contributed by atoms with Crippen molar-refractivity contribution < 1.29 is 23.8 Å². The summed E-state index contributed by atoms with van der Waals surface area (Å²) in [6.45, 7) is 10.6. The lowest BCUT2D eigenvalue weighted by Crippen LogP contribution is -2.48. The Morgan fingerprint density at radius 3 is 2.45 bits per heavy atom. The molecule has 1 aliphatic rings. The fourth-order valence-electron chi connectivity index (χ4n) is 3.57. The Bertz CT molecular complexity index is 695. The average molecular weight is 406 g/mol. The Kier molecular flexibility index (Phi) is 8.50. The van der Waals surface area contributed by atoms with Gasteiger partial charge in [0.2, 0.25) is 0 Å². The van der Waals surface area contributed by atoms with E-state index in [4.69, 9.17) is 14.2 Å². The van der Waals surface area contributed by atoms with Crippen LogP contribution in [-0.4, -0.2) is 36.8 Å². The molecule has 0 aromatic heterocycles. The molecule has 0 heterocycles. The number of hydrogen-bond donors (Lipinski definition) is 1. The molecule has 2 rings (SSSR count). The van der Waals surface area contributed by atoms with E-state index in [1.54, 1.807) is 25.1 Å². The van der Waals surface area contributed by atoms with Crippen molar-refractivity contribution >= 4 is 17.6 Å². The van der Waals surface area contributed by atoms with E-state index in [2.05, 4.69) is 12.2 Å². The van der Waals surface area contributed by atoms with Crippen LogP contribution < -0.4 is 10.1 Å². The summed E-state index contributed by atoms with van der Waals surface area (Å²) in [6.07, 6.45) is 4.11. The monoisotopic (exact) mass is 405 g/mol. The molecule has 6 nitrogen and oxygen atoms in total. The van der Waals surface area contributed by atoms with Crippen LogP contribution >= 0.6 is 0 Å². The molecular formula is C23H35NO5. The van der Waals surface area contributed by atoms with Crippen LogP contribution in [-0.2, 0) is 14.3 Å². The van der Waals surface area contributed by atoms with Crippen LogP contribution in [0, 0.1) is 5.92 Å². The summed E-state index contributed by atoms with van der Waals surface area (Å²) >= 11 is 0. The molecule has 1 saturated carbocycles. The average Bonchev–Trinajstić information content (AvgIpc) is 2.71. The molecule has 0 spiro atoms. The van der Waals surface area contributed by atoms with Crippen LogP contribution in [0.4, 0.5) is 5.69 Å². The third kappa shape index (κ3) is 5.95. The Morgan fingerprint density at radius 2 is 1.86 bits per heavy atom. The maximum Gasteiger partial charge on any atom is 0.341 e. The van der Waals surface area contributed by atoms with Crippen molar-refractivity contribution in [2.75, 3.05) is 18.5 Å². The zero-order valence-electron chi connectivity index (χ0n) is 18.4. The number of amides is 1. The second kappa shape index (κ2) is 10.6. The minimum absolute atomic E-state index is 0.0333. The van der Waals surface area contributed by atoms with Crippen LogP contribution in [0.25, 0.3) is 0 Å². The summed E-state index contributed by atoms with van der Waals surface area (Å²) in [5, 5.41) is 2.96. The molecule has 0 radical (unpaired) electrons. The number of nitrogens with one attached hydrogen (secondary N) is 1. The van der Waals surface area contributed by atoms with Crippen LogP contribution in [0.5, 0.6) is 5.75 Å². The maximum atomic E-state index is 13.1. The molecule has 0 saturated heterocycles. The molecule has 29 heavy (non-hydrogen) atoms. The quantitative estimate of drug-likeness (QED) is 0.588. The van der Waals surface area contributed by atoms with Crippen molar-refractivity contribution in [2.45, 2.75) is 78.4 Å². The van der Waals surface area contributed by atoms with Gasteiger partial charge in [-0.2, -0.15) is 0 Å². The van der Waals surface area contributed by atoms with E-state index in [0.717, 1.165) is 19.3 Å². The Hall–Kier alpha value is -2.08. The molecular weight excluding hydrogens is 370 g/mol. The molecule has 1 atom stereocenters. The lowest BCUT2D eigenvalue weighted by Gasteiger charge is -2.37. The normalized spacial score (nSPS) is 22.6. The molecule has 6 heteroatoms. The smallest absolute Gasteiger partial charge is 0.341 e. The zero-order chi connectivity index (χ0) is 21.4. The SMILES string of the molecule is CCOC(=O)c1cc(NC(=O)C2(OCC)CCC(C)CC2)ccc1O[C@H](C)CC. The summed E-state index contributed by atoms with van der Waals surface area (Å²) in [5.41, 5.74) is 0.0389. The fraction of sp³-hybridized carbons (Fsp3) is 0.652. The van der Waals surface area contributed by atoms with E-state index < -0.39 is 11.6 Å². The van der Waals surface area contributed by atoms with Gasteiger partial charge in [0.05, 0.1) is 12.7 Å². The molecule has 162 valence electrons. The highest BCUT2D eigenvalue weighted by atomic mass is 16.5. The van der Waals surface area contributed by atoms with Gasteiger partial charge in [0.1, 0.15) is 16.9 Å². The van der Waals surface area contributed by atoms with Gasteiger partial charge in [0.25, 0.3) is 5.91 Å². The van der Waals surface area contributed by atoms with Gasteiger partial charge in [-0.1, -0.05) is 13.8 Å². The standard InChI is InChI=1S/C23H35NO5/c1-6-17(5)29-20-10-9-18(15-19(20)21(25)27-7-2)24-22(26)23(28-8-3)13-11-16(4)12-14-23/h9-10,15-17H,6-8,11-14H2,1-5H3,(H,24,26)/t16?,17-,23?/m1/s1. The molecule has 0 bridgehead atoms. The highest BCUT2D eigenvalue weighted by molar-refractivity contribution is 5.99. The number of hydrogen-bond acceptors (Lipinski definition) is 5. The zero-order valence-corrected chi connectivity index (χ0v) is 18.4. The van der Waals surface area contributed by atoms with E-state index in [1.165, 1.54) is 0 Å². The molecule has 0 unspecified atom stereocenters. The van der Waals surface area contributed by atoms with Gasteiger partial charge in [0.15, 0.2) is 0 Å². The van der Waals surface area contributed by atoms with Crippen molar-refractivity contribution in [3.05, 3.63) is 23.8 Å². The van der Waals surface area contributed by atoms with E-state index in [-0.39, 0.29) is 18.6 Å². The first-order chi connectivity index (χ1) is 13.8. The van der Waals surface area contributed by atoms with Crippen molar-refractivity contribution in [3.8, 4) is 5.75 Å². The van der Waals surface area contributed by atoms with E-state index in [9.17, 15) is 9.59 Å². The summed E-state index contributed by atoms with van der Waals surface area (Å²) < 4.78 is 17.0. The lowest BCUT2D eigenvalue weighted by atomic mass is 9.78. The predicted octanol–water partition coefficient (Wildman–Crippen LogP) is 4.96. The molecule has 1 aromatic rings. The number of esters is 1. The van der Waals surface area contributed by atoms with Crippen molar-refractivity contribution in [3.63, 3.8) is 0 Å². The van der Waals surface area contributed by atoms with Gasteiger partial charge >= 0.3 is 5.97 Å². The molecule has 1 N–H and O–H groups in total. The van der Waals surface area contributed by atoms with E-state index in [0.29, 0.717) is 42.4 Å². The van der Waals surface area contributed by atoms with Crippen molar-refractivity contribution in [1.82, 2.24) is 0 Å². The minimum atomic E-state index is -0.808. The number of ether oxygens (including phenoxy) is 3. The Labute approximate surface area is 174 Å². The van der Waals surface area contributed by atoms with Crippen LogP contribution in [0.3, 0.4) is 0 Å². The third-order valence-corrected chi connectivity index (χ3v) is 5.55. The van der Waals surface area contributed by atoms with Gasteiger partial charge in [0, 0.05) is 12.3 Å². The van der Waals surface area contributed by atoms with E-state index in [1.807, 2.05) is 20.8 Å². The summed E-state index contributed by atoms with van der Waals surface area (Å²) in [6, 6.07) is 5.09. The third-order valence-electron chi connectivity index (χ3n) is 5.55. The van der Waals surface area contributed by atoms with Crippen molar-refractivity contribution in [2.24, 2.45) is 5.92 Å². The van der Waals surface area contributed by atoms with Crippen LogP contribution in [0.1, 0.15) is 77.1 Å². The lowest BCUT2D eigenvalue weighted by molar-refractivity contribution is -0.146. The van der Waals surface area contributed by atoms with Crippen LogP contribution in [0.2, 0.25) is 0 Å². The number of carbonyl (C=O) groups excluding carboxylic acids is 2. The van der Waals surface area contributed by atoms with Crippen molar-refractivity contribution in [1.29, 1.82) is 0 Å². The number of carbonyl (C=O) groups is 2. The molecule has 1 amide bonds. The largest absolute Gasteiger partial charge is 0.490 e. The molecule has 0 aliphatic heterocycles. The first-order valence-corrected chi connectivity index (χ1v) is 10.8. The number of benzene rings is 1. The summed E-state index contributed by atoms with van der Waals surface area (Å²) in [4.78, 5) is 25.6. The van der Waals surface area contributed by atoms with Gasteiger partial charge in [-0.25, -0.2) is 4.79 Å². The Morgan fingerprint density at radius 1 is 1.17 bits per heavy atom. The minimum Gasteiger partial charge on any atom is -0.490 e. The second-order valence-corrected chi connectivity index (χ2v) is 7.83. The number of rotatable bonds is 9. The maximum absolute atomic E-state index is 13.1. The molecule has 1 fully saturated rings. The first kappa shape index (κ1) is 23.2. The summed E-state index contributed by atoms with van der Waals surface area (Å²) in [7, 11) is 0. The van der Waals surface area contributed by atoms with E-state index >= 15 is 0 Å². The molecule has 1 aliphatic carbocycles. The van der Waals surface area contributed by atoms with Gasteiger partial charge in [-0.15, -0.1) is 0 Å².